The van der Waals surface area contributed by atoms with Crippen molar-refractivity contribution in [3.8, 4) is 11.5 Å². The maximum Gasteiger partial charge on any atom is 0.338 e. The molecule has 0 aromatic heterocycles. The van der Waals surface area contributed by atoms with Gasteiger partial charge in [0.05, 0.1) is 26.4 Å². The average Bonchev–Trinajstić information content (AvgIpc) is 2.38. The van der Waals surface area contributed by atoms with Gasteiger partial charge in [-0.25, -0.2) is 4.79 Å². The first-order valence-electron chi connectivity index (χ1n) is 5.17. The topological polar surface area (TPSA) is 44.8 Å². The highest BCUT2D eigenvalue weighted by Crippen LogP contribution is 2.22. The van der Waals surface area contributed by atoms with Crippen LogP contribution >= 0.6 is 11.6 Å². The standard InChI is InChI=1S/C12H15ClO4/c1-15-10-6-9(7-11(8-10)16-2)12(14)17-5-3-4-13/h6-8H,3-5H2,1-2H3. The van der Waals surface area contributed by atoms with Gasteiger partial charge >= 0.3 is 5.97 Å². The number of halogens is 1. The summed E-state index contributed by atoms with van der Waals surface area (Å²) in [7, 11) is 3.05. The van der Waals surface area contributed by atoms with Crippen molar-refractivity contribution in [2.75, 3.05) is 26.7 Å². The molecule has 0 bridgehead atoms. The number of methoxy groups -OCH3 is 2. The fraction of sp³-hybridized carbons (Fsp3) is 0.417. The molecule has 0 heterocycles. The van der Waals surface area contributed by atoms with Crippen molar-refractivity contribution in [3.05, 3.63) is 23.8 Å². The van der Waals surface area contributed by atoms with Crippen LogP contribution in [-0.4, -0.2) is 32.7 Å². The number of rotatable bonds is 6. The number of ether oxygens (including phenoxy) is 3. The van der Waals surface area contributed by atoms with Gasteiger partial charge in [0.15, 0.2) is 0 Å². The molecule has 1 rings (SSSR count). The van der Waals surface area contributed by atoms with E-state index in [9.17, 15) is 4.79 Å². The van der Waals surface area contributed by atoms with E-state index in [1.54, 1.807) is 18.2 Å². The van der Waals surface area contributed by atoms with Crippen LogP contribution in [0.1, 0.15) is 16.8 Å². The van der Waals surface area contributed by atoms with Gasteiger partial charge in [0, 0.05) is 11.9 Å². The van der Waals surface area contributed by atoms with Crippen LogP contribution in [0.2, 0.25) is 0 Å². The zero-order valence-corrected chi connectivity index (χ0v) is 10.6. The summed E-state index contributed by atoms with van der Waals surface area (Å²) < 4.78 is 15.2. The van der Waals surface area contributed by atoms with Gasteiger partial charge in [0.25, 0.3) is 0 Å². The smallest absolute Gasteiger partial charge is 0.338 e. The lowest BCUT2D eigenvalue weighted by Gasteiger charge is -2.08. The summed E-state index contributed by atoms with van der Waals surface area (Å²) in [6, 6.07) is 4.90. The molecule has 0 unspecified atom stereocenters. The van der Waals surface area contributed by atoms with Gasteiger partial charge in [-0.05, 0) is 18.6 Å². The van der Waals surface area contributed by atoms with Crippen LogP contribution in [0.25, 0.3) is 0 Å². The van der Waals surface area contributed by atoms with E-state index in [1.807, 2.05) is 0 Å². The molecule has 1 aromatic rings. The minimum Gasteiger partial charge on any atom is -0.497 e. The minimum absolute atomic E-state index is 0.307. The van der Waals surface area contributed by atoms with Gasteiger partial charge in [0.1, 0.15) is 11.5 Å². The number of alkyl halides is 1. The Labute approximate surface area is 105 Å². The fourth-order valence-electron chi connectivity index (χ4n) is 1.23. The first-order chi connectivity index (χ1) is 8.21. The van der Waals surface area contributed by atoms with E-state index in [0.29, 0.717) is 36.0 Å². The highest BCUT2D eigenvalue weighted by Gasteiger charge is 2.10. The lowest BCUT2D eigenvalue weighted by Crippen LogP contribution is -2.07. The summed E-state index contributed by atoms with van der Waals surface area (Å²) in [5.41, 5.74) is 0.399. The molecule has 0 N–H and O–H groups in total. The van der Waals surface area contributed by atoms with Crippen LogP contribution in [0.3, 0.4) is 0 Å². The van der Waals surface area contributed by atoms with Crippen LogP contribution in [0, 0.1) is 0 Å². The van der Waals surface area contributed by atoms with Gasteiger partial charge in [-0.15, -0.1) is 11.6 Å². The van der Waals surface area contributed by atoms with Gasteiger partial charge < -0.3 is 14.2 Å². The Hall–Kier alpha value is -1.42. The van der Waals surface area contributed by atoms with E-state index in [2.05, 4.69) is 0 Å². The van der Waals surface area contributed by atoms with Crippen LogP contribution < -0.4 is 9.47 Å². The molecule has 0 saturated carbocycles. The largest absolute Gasteiger partial charge is 0.497 e. The zero-order valence-electron chi connectivity index (χ0n) is 9.86. The van der Waals surface area contributed by atoms with Crippen LogP contribution in [0.5, 0.6) is 11.5 Å². The summed E-state index contributed by atoms with van der Waals surface area (Å²) in [6.07, 6.45) is 0.633. The van der Waals surface area contributed by atoms with E-state index >= 15 is 0 Å². The predicted molar refractivity (Wildman–Crippen MR) is 65.2 cm³/mol. The Morgan fingerprint density at radius 3 is 2.24 bits per heavy atom. The second-order valence-electron chi connectivity index (χ2n) is 3.28. The third-order valence-electron chi connectivity index (χ3n) is 2.10. The first kappa shape index (κ1) is 13.6. The quantitative estimate of drug-likeness (QED) is 0.447. The molecular formula is C12H15ClO4. The molecule has 0 fully saturated rings. The molecule has 0 saturated heterocycles. The third kappa shape index (κ3) is 4.15. The summed E-state index contributed by atoms with van der Waals surface area (Å²) >= 11 is 5.50. The summed E-state index contributed by atoms with van der Waals surface area (Å²) in [6.45, 7) is 0.307. The zero-order chi connectivity index (χ0) is 12.7. The van der Waals surface area contributed by atoms with Gasteiger partial charge in [-0.1, -0.05) is 0 Å². The Balaban J connectivity index is 2.77. The lowest BCUT2D eigenvalue weighted by atomic mass is 10.2. The predicted octanol–water partition coefficient (Wildman–Crippen LogP) is 2.49. The Morgan fingerprint density at radius 1 is 1.18 bits per heavy atom. The third-order valence-corrected chi connectivity index (χ3v) is 2.37. The Bertz CT molecular complexity index is 357. The van der Waals surface area contributed by atoms with E-state index in [0.717, 1.165) is 0 Å². The van der Waals surface area contributed by atoms with E-state index in [-0.39, 0.29) is 0 Å². The SMILES string of the molecule is COc1cc(OC)cc(C(=O)OCCCCl)c1. The second kappa shape index (κ2) is 7.01. The van der Waals surface area contributed by atoms with Gasteiger partial charge in [0.2, 0.25) is 0 Å². The maximum atomic E-state index is 11.7. The van der Waals surface area contributed by atoms with Crippen molar-refractivity contribution in [1.82, 2.24) is 0 Å². The van der Waals surface area contributed by atoms with Gasteiger partial charge in [-0.3, -0.25) is 0 Å². The van der Waals surface area contributed by atoms with E-state index < -0.39 is 5.97 Å². The molecule has 0 radical (unpaired) electrons. The summed E-state index contributed by atoms with van der Waals surface area (Å²) in [5.74, 6) is 1.16. The van der Waals surface area contributed by atoms with Crippen LogP contribution in [0.4, 0.5) is 0 Å². The number of benzene rings is 1. The maximum absolute atomic E-state index is 11.7. The normalized spacial score (nSPS) is 9.82. The van der Waals surface area contributed by atoms with Crippen molar-refractivity contribution < 1.29 is 19.0 Å². The van der Waals surface area contributed by atoms with Crippen molar-refractivity contribution >= 4 is 17.6 Å². The molecule has 1 aromatic carbocycles. The highest BCUT2D eigenvalue weighted by atomic mass is 35.5. The average molecular weight is 259 g/mol. The molecule has 0 aliphatic heterocycles. The highest BCUT2D eigenvalue weighted by molar-refractivity contribution is 6.17. The van der Waals surface area contributed by atoms with Crippen molar-refractivity contribution in [2.24, 2.45) is 0 Å². The first-order valence-corrected chi connectivity index (χ1v) is 5.71. The van der Waals surface area contributed by atoms with Crippen LogP contribution in [0.15, 0.2) is 18.2 Å². The number of hydrogen-bond donors (Lipinski definition) is 0. The summed E-state index contributed by atoms with van der Waals surface area (Å²) in [4.78, 5) is 11.7. The Kier molecular flexibility index (Phi) is 5.63. The molecular weight excluding hydrogens is 244 g/mol. The molecule has 0 aliphatic carbocycles. The molecule has 94 valence electrons. The molecule has 0 amide bonds. The number of carbonyl (C=O) groups is 1. The second-order valence-corrected chi connectivity index (χ2v) is 3.66. The Morgan fingerprint density at radius 2 is 1.76 bits per heavy atom. The molecule has 0 atom stereocenters. The van der Waals surface area contributed by atoms with E-state index in [4.69, 9.17) is 25.8 Å². The van der Waals surface area contributed by atoms with Crippen molar-refractivity contribution in [3.63, 3.8) is 0 Å². The van der Waals surface area contributed by atoms with Gasteiger partial charge in [-0.2, -0.15) is 0 Å². The monoisotopic (exact) mass is 258 g/mol. The molecule has 0 spiro atoms. The van der Waals surface area contributed by atoms with E-state index in [1.165, 1.54) is 14.2 Å². The molecule has 0 aliphatic rings. The minimum atomic E-state index is -0.410. The number of hydrogen-bond acceptors (Lipinski definition) is 4. The summed E-state index contributed by atoms with van der Waals surface area (Å²) in [5, 5.41) is 0. The lowest BCUT2D eigenvalue weighted by molar-refractivity contribution is 0.0505. The fourth-order valence-corrected chi connectivity index (χ4v) is 1.34. The molecule has 17 heavy (non-hydrogen) atoms. The van der Waals surface area contributed by atoms with Crippen molar-refractivity contribution in [2.45, 2.75) is 6.42 Å². The van der Waals surface area contributed by atoms with Crippen LogP contribution in [-0.2, 0) is 4.74 Å². The molecule has 5 heteroatoms. The number of esters is 1. The molecule has 4 nitrogen and oxygen atoms in total. The van der Waals surface area contributed by atoms with Crippen molar-refractivity contribution in [1.29, 1.82) is 0 Å². The number of carbonyl (C=O) groups excluding carboxylic acids is 1.